The van der Waals surface area contributed by atoms with Crippen LogP contribution < -0.4 is 9.64 Å². The topological polar surface area (TPSA) is 95.8 Å². The summed E-state index contributed by atoms with van der Waals surface area (Å²) in [7, 11) is 0. The molecule has 1 unspecified atom stereocenters. The maximum atomic E-state index is 12.9. The number of nitrogens with zero attached hydrogens (tertiary/aromatic N) is 4. The predicted octanol–water partition coefficient (Wildman–Crippen LogP) is 7.44. The van der Waals surface area contributed by atoms with Crippen molar-refractivity contribution in [3.63, 3.8) is 0 Å². The standard InChI is InChI=1S/C37H40N4O5/c1-5-44-34(42)23-33(28-21-26-9-6-7-11-31(26)38-24-28)40-19-16-27-22-30(14-15-32(27)40)45-20-17-29-13-12-25-10-8-18-41(35(25)39-29)36(43)46-37(2,3)4/h6-7,9,11-16,19,21-22,24,33H,5,8,10,17-18,20,23H2,1-4H3. The van der Waals surface area contributed by atoms with Gasteiger partial charge in [-0.3, -0.25) is 14.7 Å². The summed E-state index contributed by atoms with van der Waals surface area (Å²) in [5.74, 6) is 1.17. The van der Waals surface area contributed by atoms with E-state index >= 15 is 0 Å². The summed E-state index contributed by atoms with van der Waals surface area (Å²) in [6.07, 6.45) is 6.02. The molecule has 9 nitrogen and oxygen atoms in total. The Morgan fingerprint density at radius 1 is 1.00 bits per heavy atom. The SMILES string of the molecule is CCOC(=O)CC(c1cnc2ccccc2c1)n1ccc2cc(OCCc3ccc4c(n3)N(C(=O)OC(C)(C)C)CCC4)ccc21. The van der Waals surface area contributed by atoms with Crippen LogP contribution in [0.5, 0.6) is 5.75 Å². The Morgan fingerprint density at radius 3 is 2.67 bits per heavy atom. The van der Waals surface area contributed by atoms with Gasteiger partial charge in [0.2, 0.25) is 0 Å². The second-order valence-electron chi connectivity index (χ2n) is 12.5. The number of esters is 1. The Bertz CT molecular complexity index is 1880. The Balaban J connectivity index is 1.18. The van der Waals surface area contributed by atoms with E-state index in [4.69, 9.17) is 19.2 Å². The normalized spacial score (nSPS) is 13.8. The molecule has 0 saturated carbocycles. The fourth-order valence-electron chi connectivity index (χ4n) is 5.91. The number of para-hydroxylation sites is 1. The summed E-state index contributed by atoms with van der Waals surface area (Å²) in [6, 6.07) is 21.9. The monoisotopic (exact) mass is 620 g/mol. The number of fused-ring (bicyclic) bond motifs is 3. The molecule has 1 aliphatic heterocycles. The zero-order chi connectivity index (χ0) is 32.3. The van der Waals surface area contributed by atoms with Gasteiger partial charge in [-0.15, -0.1) is 0 Å². The van der Waals surface area contributed by atoms with Gasteiger partial charge in [-0.2, -0.15) is 0 Å². The first-order valence-electron chi connectivity index (χ1n) is 15.9. The van der Waals surface area contributed by atoms with Gasteiger partial charge in [0, 0.05) is 47.3 Å². The molecule has 0 radical (unpaired) electrons. The van der Waals surface area contributed by atoms with Crippen LogP contribution in [0.2, 0.25) is 0 Å². The minimum atomic E-state index is -0.572. The number of hydrogen-bond donors (Lipinski definition) is 0. The second-order valence-corrected chi connectivity index (χ2v) is 12.5. The van der Waals surface area contributed by atoms with Crippen LogP contribution in [-0.2, 0) is 27.1 Å². The molecule has 2 aromatic carbocycles. The van der Waals surface area contributed by atoms with E-state index in [1.807, 2.05) is 94.7 Å². The lowest BCUT2D eigenvalue weighted by Crippen LogP contribution is -2.40. The largest absolute Gasteiger partial charge is 0.493 e. The molecule has 4 heterocycles. The first kappa shape index (κ1) is 31.1. The number of aromatic nitrogens is 3. The molecule has 0 bridgehead atoms. The van der Waals surface area contributed by atoms with Crippen molar-refractivity contribution >= 4 is 39.7 Å². The van der Waals surface area contributed by atoms with Gasteiger partial charge < -0.3 is 18.8 Å². The Morgan fingerprint density at radius 2 is 1.85 bits per heavy atom. The van der Waals surface area contributed by atoms with Crippen molar-refractivity contribution in [3.05, 3.63) is 95.9 Å². The van der Waals surface area contributed by atoms with Gasteiger partial charge in [0.05, 0.1) is 31.2 Å². The van der Waals surface area contributed by atoms with E-state index in [2.05, 4.69) is 21.7 Å². The predicted molar refractivity (Wildman–Crippen MR) is 178 cm³/mol. The van der Waals surface area contributed by atoms with Crippen molar-refractivity contribution in [2.75, 3.05) is 24.7 Å². The second kappa shape index (κ2) is 13.2. The van der Waals surface area contributed by atoms with Gasteiger partial charge in [-0.1, -0.05) is 24.3 Å². The highest BCUT2D eigenvalue weighted by Crippen LogP contribution is 2.32. The van der Waals surface area contributed by atoms with E-state index in [-0.39, 0.29) is 24.5 Å². The van der Waals surface area contributed by atoms with E-state index in [0.29, 0.717) is 32.0 Å². The van der Waals surface area contributed by atoms with Crippen molar-refractivity contribution in [1.82, 2.24) is 14.5 Å². The van der Waals surface area contributed by atoms with Crippen LogP contribution in [0.25, 0.3) is 21.8 Å². The molecular weight excluding hydrogens is 580 g/mol. The van der Waals surface area contributed by atoms with E-state index in [0.717, 1.165) is 57.2 Å². The number of rotatable bonds is 9. The highest BCUT2D eigenvalue weighted by atomic mass is 16.6. The number of anilines is 1. The molecule has 46 heavy (non-hydrogen) atoms. The molecule has 1 amide bonds. The average Bonchev–Trinajstić information content (AvgIpc) is 3.45. The number of hydrogen-bond acceptors (Lipinski definition) is 7. The van der Waals surface area contributed by atoms with Crippen molar-refractivity contribution in [3.8, 4) is 5.75 Å². The van der Waals surface area contributed by atoms with Crippen molar-refractivity contribution in [1.29, 1.82) is 0 Å². The molecule has 9 heteroatoms. The number of amides is 1. The number of pyridine rings is 2. The number of carbonyl (C=O) groups excluding carboxylic acids is 2. The van der Waals surface area contributed by atoms with Crippen LogP contribution in [0.4, 0.5) is 10.6 Å². The zero-order valence-electron chi connectivity index (χ0n) is 26.9. The van der Waals surface area contributed by atoms with Gasteiger partial charge in [0.1, 0.15) is 17.2 Å². The van der Waals surface area contributed by atoms with Gasteiger partial charge >= 0.3 is 12.1 Å². The lowest BCUT2D eigenvalue weighted by Gasteiger charge is -2.31. The van der Waals surface area contributed by atoms with Crippen LogP contribution in [-0.4, -0.2) is 52.0 Å². The van der Waals surface area contributed by atoms with Crippen molar-refractivity contribution in [2.24, 2.45) is 0 Å². The summed E-state index contributed by atoms with van der Waals surface area (Å²) >= 11 is 0. The maximum Gasteiger partial charge on any atom is 0.416 e. The summed E-state index contributed by atoms with van der Waals surface area (Å²) in [6.45, 7) is 8.77. The smallest absolute Gasteiger partial charge is 0.416 e. The number of ether oxygens (including phenoxy) is 3. The lowest BCUT2D eigenvalue weighted by atomic mass is 10.0. The van der Waals surface area contributed by atoms with E-state index < -0.39 is 5.60 Å². The molecule has 1 atom stereocenters. The summed E-state index contributed by atoms with van der Waals surface area (Å²) < 4.78 is 19.2. The zero-order valence-corrected chi connectivity index (χ0v) is 26.9. The van der Waals surface area contributed by atoms with Gasteiger partial charge in [-0.25, -0.2) is 9.78 Å². The molecule has 5 aromatic rings. The van der Waals surface area contributed by atoms with Crippen LogP contribution in [0.1, 0.15) is 63.4 Å². The molecule has 1 aliphatic rings. The van der Waals surface area contributed by atoms with Crippen LogP contribution >= 0.6 is 0 Å². The fourth-order valence-corrected chi connectivity index (χ4v) is 5.91. The third-order valence-corrected chi connectivity index (χ3v) is 8.03. The fraction of sp³-hybridized carbons (Fsp3) is 0.351. The summed E-state index contributed by atoms with van der Waals surface area (Å²) in [4.78, 5) is 36.7. The lowest BCUT2D eigenvalue weighted by molar-refractivity contribution is -0.143. The molecule has 0 saturated heterocycles. The molecule has 6 rings (SSSR count). The molecule has 238 valence electrons. The van der Waals surface area contributed by atoms with E-state index in [9.17, 15) is 9.59 Å². The Kier molecular flexibility index (Phi) is 8.92. The molecule has 3 aromatic heterocycles. The molecule has 0 spiro atoms. The van der Waals surface area contributed by atoms with Gasteiger partial charge in [-0.05, 0) is 94.1 Å². The first-order chi connectivity index (χ1) is 22.2. The molecular formula is C37H40N4O5. The van der Waals surface area contributed by atoms with Crippen LogP contribution in [0.3, 0.4) is 0 Å². The van der Waals surface area contributed by atoms with E-state index in [1.165, 1.54) is 0 Å². The molecule has 0 N–H and O–H groups in total. The Hall–Kier alpha value is -4.92. The van der Waals surface area contributed by atoms with Crippen molar-refractivity contribution < 1.29 is 23.8 Å². The number of carbonyl (C=O) groups is 2. The van der Waals surface area contributed by atoms with Gasteiger partial charge in [0.15, 0.2) is 0 Å². The van der Waals surface area contributed by atoms with Crippen LogP contribution in [0, 0.1) is 0 Å². The summed E-state index contributed by atoms with van der Waals surface area (Å²) in [5, 5.41) is 2.02. The third-order valence-electron chi connectivity index (χ3n) is 8.03. The highest BCUT2D eigenvalue weighted by Gasteiger charge is 2.28. The molecule has 0 aliphatic carbocycles. The third kappa shape index (κ3) is 6.98. The Labute approximate surface area is 269 Å². The van der Waals surface area contributed by atoms with E-state index in [1.54, 1.807) is 4.90 Å². The first-order valence-corrected chi connectivity index (χ1v) is 15.9. The minimum absolute atomic E-state index is 0.190. The number of aryl methyl sites for hydroxylation is 1. The number of benzene rings is 2. The van der Waals surface area contributed by atoms with Crippen molar-refractivity contribution in [2.45, 2.75) is 65.0 Å². The van der Waals surface area contributed by atoms with Gasteiger partial charge in [0.25, 0.3) is 0 Å². The average molecular weight is 621 g/mol. The quantitative estimate of drug-likeness (QED) is 0.158. The molecule has 0 fully saturated rings. The highest BCUT2D eigenvalue weighted by molar-refractivity contribution is 5.88. The van der Waals surface area contributed by atoms with Crippen LogP contribution in [0.15, 0.2) is 79.1 Å². The summed E-state index contributed by atoms with van der Waals surface area (Å²) in [5.41, 5.74) is 4.16. The maximum absolute atomic E-state index is 12.9. The minimum Gasteiger partial charge on any atom is -0.493 e.